The van der Waals surface area contributed by atoms with Gasteiger partial charge in [0.2, 0.25) is 0 Å². The van der Waals surface area contributed by atoms with E-state index in [4.69, 9.17) is 4.74 Å². The van der Waals surface area contributed by atoms with Crippen molar-refractivity contribution in [1.29, 1.82) is 0 Å². The van der Waals surface area contributed by atoms with Crippen molar-refractivity contribution in [3.05, 3.63) is 0 Å². The zero-order chi connectivity index (χ0) is 11.6. The molecule has 0 aromatic carbocycles. The summed E-state index contributed by atoms with van der Waals surface area (Å²) in [5.41, 5.74) is -0.381. The number of nitrogens with one attached hydrogen (secondary N) is 2. The molecular formula is C11H18N2O3. The zero-order valence-electron chi connectivity index (χ0n) is 9.54. The zero-order valence-corrected chi connectivity index (χ0v) is 9.54. The first-order chi connectivity index (χ1) is 7.59. The summed E-state index contributed by atoms with van der Waals surface area (Å²) in [6.45, 7) is 3.64. The largest absolute Gasteiger partial charge is 0.379 e. The molecule has 0 bridgehead atoms. The topological polar surface area (TPSA) is 67.4 Å². The van der Waals surface area contributed by atoms with E-state index in [1.807, 2.05) is 6.92 Å². The predicted octanol–water partition coefficient (Wildman–Crippen LogP) is -0.192. The molecule has 2 amide bonds. The van der Waals surface area contributed by atoms with Gasteiger partial charge < -0.3 is 15.4 Å². The molecule has 16 heavy (non-hydrogen) atoms. The molecule has 90 valence electrons. The predicted molar refractivity (Wildman–Crippen MR) is 57.7 cm³/mol. The summed E-state index contributed by atoms with van der Waals surface area (Å²) >= 11 is 0. The van der Waals surface area contributed by atoms with Gasteiger partial charge in [-0.1, -0.05) is 0 Å². The van der Waals surface area contributed by atoms with Gasteiger partial charge in [0.25, 0.3) is 0 Å². The van der Waals surface area contributed by atoms with Gasteiger partial charge in [0.1, 0.15) is 0 Å². The highest BCUT2D eigenvalue weighted by Gasteiger charge is 2.33. The van der Waals surface area contributed by atoms with Crippen molar-refractivity contribution in [2.24, 2.45) is 5.92 Å². The lowest BCUT2D eigenvalue weighted by atomic mass is 10.0. The smallest absolute Gasteiger partial charge is 0.309 e. The summed E-state index contributed by atoms with van der Waals surface area (Å²) in [7, 11) is 0. The summed E-state index contributed by atoms with van der Waals surface area (Å²) in [6.07, 6.45) is 3.08. The van der Waals surface area contributed by atoms with Gasteiger partial charge in [-0.25, -0.2) is 0 Å². The molecule has 2 N–H and O–H groups in total. The third-order valence-corrected chi connectivity index (χ3v) is 3.09. The Morgan fingerprint density at radius 1 is 1.38 bits per heavy atom. The summed E-state index contributed by atoms with van der Waals surface area (Å²) in [4.78, 5) is 23.0. The average molecular weight is 226 g/mol. The molecule has 2 fully saturated rings. The van der Waals surface area contributed by atoms with Gasteiger partial charge in [0.05, 0.1) is 12.1 Å². The highest BCUT2D eigenvalue weighted by molar-refractivity contribution is 6.35. The second kappa shape index (κ2) is 4.41. The molecule has 0 spiro atoms. The maximum atomic E-state index is 11.6. The van der Waals surface area contributed by atoms with Gasteiger partial charge in [-0.15, -0.1) is 0 Å². The minimum absolute atomic E-state index is 0.381. The van der Waals surface area contributed by atoms with E-state index in [9.17, 15) is 9.59 Å². The van der Waals surface area contributed by atoms with Crippen LogP contribution in [0.2, 0.25) is 0 Å². The van der Waals surface area contributed by atoms with Gasteiger partial charge in [0.15, 0.2) is 0 Å². The van der Waals surface area contributed by atoms with Crippen LogP contribution in [0.4, 0.5) is 0 Å². The van der Waals surface area contributed by atoms with Crippen LogP contribution in [0, 0.1) is 5.92 Å². The fraction of sp³-hybridized carbons (Fsp3) is 0.818. The van der Waals surface area contributed by atoms with Crippen LogP contribution in [0.25, 0.3) is 0 Å². The van der Waals surface area contributed by atoms with E-state index >= 15 is 0 Å². The fourth-order valence-corrected chi connectivity index (χ4v) is 1.74. The van der Waals surface area contributed by atoms with E-state index in [-0.39, 0.29) is 5.54 Å². The molecule has 0 radical (unpaired) electrons. The molecule has 2 aliphatic rings. The Bertz CT molecular complexity index is 294. The Morgan fingerprint density at radius 3 is 2.69 bits per heavy atom. The van der Waals surface area contributed by atoms with E-state index in [0.29, 0.717) is 25.7 Å². The molecule has 1 saturated heterocycles. The highest BCUT2D eigenvalue weighted by Crippen LogP contribution is 2.27. The van der Waals surface area contributed by atoms with Crippen molar-refractivity contribution in [1.82, 2.24) is 10.6 Å². The van der Waals surface area contributed by atoms with Crippen molar-refractivity contribution in [3.63, 3.8) is 0 Å². The monoisotopic (exact) mass is 226 g/mol. The second-order valence-corrected chi connectivity index (χ2v) is 4.97. The van der Waals surface area contributed by atoms with Gasteiger partial charge in [-0.05, 0) is 32.1 Å². The molecule has 1 saturated carbocycles. The van der Waals surface area contributed by atoms with E-state index in [1.54, 1.807) is 0 Å². The first kappa shape index (κ1) is 11.4. The van der Waals surface area contributed by atoms with Crippen LogP contribution >= 0.6 is 0 Å². The van der Waals surface area contributed by atoms with Crippen LogP contribution in [0.3, 0.4) is 0 Å². The average Bonchev–Trinajstić information content (AvgIpc) is 2.98. The van der Waals surface area contributed by atoms with Crippen molar-refractivity contribution in [2.75, 3.05) is 19.8 Å². The highest BCUT2D eigenvalue weighted by atomic mass is 16.5. The third-order valence-electron chi connectivity index (χ3n) is 3.09. The first-order valence-corrected chi connectivity index (χ1v) is 5.77. The number of carbonyl (C=O) groups excluding carboxylic acids is 2. The Kier molecular flexibility index (Phi) is 3.14. The number of hydrogen-bond donors (Lipinski definition) is 2. The van der Waals surface area contributed by atoms with Crippen molar-refractivity contribution >= 4 is 11.8 Å². The Hall–Kier alpha value is -1.10. The quantitative estimate of drug-likeness (QED) is 0.655. The van der Waals surface area contributed by atoms with Crippen molar-refractivity contribution in [3.8, 4) is 0 Å². The Balaban J connectivity index is 1.74. The molecule has 0 aromatic heterocycles. The minimum Gasteiger partial charge on any atom is -0.379 e. The molecule has 1 heterocycles. The maximum absolute atomic E-state index is 11.6. The van der Waals surface area contributed by atoms with Crippen molar-refractivity contribution < 1.29 is 14.3 Å². The van der Waals surface area contributed by atoms with Crippen LogP contribution < -0.4 is 10.6 Å². The van der Waals surface area contributed by atoms with Crippen molar-refractivity contribution in [2.45, 2.75) is 31.7 Å². The number of carbonyl (C=O) groups is 2. The van der Waals surface area contributed by atoms with Crippen LogP contribution in [0.15, 0.2) is 0 Å². The van der Waals surface area contributed by atoms with Gasteiger partial charge in [0, 0.05) is 13.2 Å². The molecular weight excluding hydrogens is 208 g/mol. The summed E-state index contributed by atoms with van der Waals surface area (Å²) < 4.78 is 5.20. The molecule has 1 aliphatic carbocycles. The second-order valence-electron chi connectivity index (χ2n) is 4.97. The molecule has 5 heteroatoms. The lowest BCUT2D eigenvalue weighted by Crippen LogP contribution is -2.52. The SMILES string of the molecule is CC1(NC(=O)C(=O)NCC2CC2)CCOC1. The number of rotatable bonds is 3. The third kappa shape index (κ3) is 2.95. The normalized spacial score (nSPS) is 28.8. The fourth-order valence-electron chi connectivity index (χ4n) is 1.74. The van der Waals surface area contributed by atoms with E-state index in [0.717, 1.165) is 19.3 Å². The maximum Gasteiger partial charge on any atom is 0.309 e. The molecule has 0 aromatic rings. The summed E-state index contributed by atoms with van der Waals surface area (Å²) in [5.74, 6) is -0.490. The number of amides is 2. The molecule has 1 aliphatic heterocycles. The van der Waals surface area contributed by atoms with Crippen LogP contribution in [0.1, 0.15) is 26.2 Å². The number of ether oxygens (including phenoxy) is 1. The summed E-state index contributed by atoms with van der Waals surface area (Å²) in [5, 5.41) is 5.37. The summed E-state index contributed by atoms with van der Waals surface area (Å²) in [6, 6.07) is 0. The van der Waals surface area contributed by atoms with E-state index < -0.39 is 11.8 Å². The molecule has 1 atom stereocenters. The lowest BCUT2D eigenvalue weighted by molar-refractivity contribution is -0.140. The standard InChI is InChI=1S/C11H18N2O3/c1-11(4-5-16-7-11)13-10(15)9(14)12-6-8-2-3-8/h8H,2-7H2,1H3,(H,12,14)(H,13,15). The molecule has 2 rings (SSSR count). The van der Waals surface area contributed by atoms with Crippen LogP contribution in [-0.4, -0.2) is 37.1 Å². The van der Waals surface area contributed by atoms with Gasteiger partial charge in [-0.2, -0.15) is 0 Å². The van der Waals surface area contributed by atoms with E-state index in [1.165, 1.54) is 0 Å². The minimum atomic E-state index is -0.548. The van der Waals surface area contributed by atoms with Crippen LogP contribution in [-0.2, 0) is 14.3 Å². The lowest BCUT2D eigenvalue weighted by Gasteiger charge is -2.22. The van der Waals surface area contributed by atoms with Gasteiger partial charge >= 0.3 is 11.8 Å². The van der Waals surface area contributed by atoms with Gasteiger partial charge in [-0.3, -0.25) is 9.59 Å². The Morgan fingerprint density at radius 2 is 2.12 bits per heavy atom. The molecule has 5 nitrogen and oxygen atoms in total. The first-order valence-electron chi connectivity index (χ1n) is 5.77. The Labute approximate surface area is 94.9 Å². The molecule has 1 unspecified atom stereocenters. The van der Waals surface area contributed by atoms with E-state index in [2.05, 4.69) is 10.6 Å². The number of hydrogen-bond acceptors (Lipinski definition) is 3. The van der Waals surface area contributed by atoms with Crippen LogP contribution in [0.5, 0.6) is 0 Å².